The third-order valence-corrected chi connectivity index (χ3v) is 2.57. The second-order valence-electron chi connectivity index (χ2n) is 4.37. The number of amides is 1. The fourth-order valence-electron chi connectivity index (χ4n) is 1.61. The van der Waals surface area contributed by atoms with E-state index in [0.717, 1.165) is 0 Å². The van der Waals surface area contributed by atoms with E-state index in [4.69, 9.17) is 5.11 Å². The first-order chi connectivity index (χ1) is 8.40. The molecular formula is C13H16FNO3. The van der Waals surface area contributed by atoms with Gasteiger partial charge in [0.2, 0.25) is 0 Å². The molecule has 0 bridgehead atoms. The van der Waals surface area contributed by atoms with Crippen molar-refractivity contribution in [2.45, 2.75) is 20.3 Å². The van der Waals surface area contributed by atoms with Crippen LogP contribution in [0.2, 0.25) is 0 Å². The summed E-state index contributed by atoms with van der Waals surface area (Å²) in [5.74, 6) is -1.74. The first-order valence-electron chi connectivity index (χ1n) is 5.66. The smallest absolute Gasteiger partial charge is 0.303 e. The standard InChI is InChI=1S/C13H16FNO3/c1-8(5-12(16)17)7-15-13(18)11-4-3-10(14)6-9(11)2/h3-4,6,8H,5,7H2,1-2H3,(H,15,18)(H,16,17). The van der Waals surface area contributed by atoms with Crippen molar-refractivity contribution in [1.29, 1.82) is 0 Å². The van der Waals surface area contributed by atoms with E-state index in [1.165, 1.54) is 18.2 Å². The average molecular weight is 253 g/mol. The molecular weight excluding hydrogens is 237 g/mol. The molecule has 0 spiro atoms. The van der Waals surface area contributed by atoms with Crippen LogP contribution in [0.5, 0.6) is 0 Å². The second kappa shape index (κ2) is 6.14. The van der Waals surface area contributed by atoms with Crippen LogP contribution in [-0.4, -0.2) is 23.5 Å². The minimum Gasteiger partial charge on any atom is -0.481 e. The molecule has 98 valence electrons. The van der Waals surface area contributed by atoms with Crippen molar-refractivity contribution in [3.05, 3.63) is 35.1 Å². The molecule has 1 aromatic carbocycles. The van der Waals surface area contributed by atoms with Crippen LogP contribution in [0.3, 0.4) is 0 Å². The summed E-state index contributed by atoms with van der Waals surface area (Å²) in [7, 11) is 0. The molecule has 18 heavy (non-hydrogen) atoms. The number of carbonyl (C=O) groups is 2. The van der Waals surface area contributed by atoms with Gasteiger partial charge in [0, 0.05) is 18.5 Å². The van der Waals surface area contributed by atoms with E-state index in [9.17, 15) is 14.0 Å². The molecule has 0 aliphatic heterocycles. The molecule has 2 N–H and O–H groups in total. The predicted molar refractivity (Wildman–Crippen MR) is 64.9 cm³/mol. The summed E-state index contributed by atoms with van der Waals surface area (Å²) in [6.07, 6.45) is 0.00266. The number of aryl methyl sites for hydroxylation is 1. The van der Waals surface area contributed by atoms with E-state index in [-0.39, 0.29) is 30.6 Å². The van der Waals surface area contributed by atoms with Crippen molar-refractivity contribution in [1.82, 2.24) is 5.32 Å². The van der Waals surface area contributed by atoms with E-state index in [1.54, 1.807) is 13.8 Å². The highest BCUT2D eigenvalue weighted by molar-refractivity contribution is 5.95. The molecule has 0 saturated carbocycles. The summed E-state index contributed by atoms with van der Waals surface area (Å²) in [6, 6.07) is 3.93. The van der Waals surface area contributed by atoms with Gasteiger partial charge in [0.25, 0.3) is 5.91 Å². The zero-order chi connectivity index (χ0) is 13.7. The van der Waals surface area contributed by atoms with Crippen LogP contribution >= 0.6 is 0 Å². The molecule has 0 radical (unpaired) electrons. The number of nitrogens with one attached hydrogen (secondary N) is 1. The van der Waals surface area contributed by atoms with E-state index >= 15 is 0 Å². The van der Waals surface area contributed by atoms with Gasteiger partial charge in [-0.15, -0.1) is 0 Å². The average Bonchev–Trinajstić information content (AvgIpc) is 2.25. The summed E-state index contributed by atoms with van der Waals surface area (Å²) in [5, 5.41) is 11.2. The van der Waals surface area contributed by atoms with Gasteiger partial charge in [0.15, 0.2) is 0 Å². The Balaban J connectivity index is 2.58. The number of carbonyl (C=O) groups excluding carboxylic acids is 1. The zero-order valence-corrected chi connectivity index (χ0v) is 10.4. The maximum atomic E-state index is 12.9. The van der Waals surface area contributed by atoms with Crippen molar-refractivity contribution >= 4 is 11.9 Å². The van der Waals surface area contributed by atoms with Gasteiger partial charge >= 0.3 is 5.97 Å². The highest BCUT2D eigenvalue weighted by Gasteiger charge is 2.12. The summed E-state index contributed by atoms with van der Waals surface area (Å²) in [4.78, 5) is 22.2. The van der Waals surface area contributed by atoms with Gasteiger partial charge in [-0.3, -0.25) is 9.59 Å². The summed E-state index contributed by atoms with van der Waals surface area (Å²) >= 11 is 0. The lowest BCUT2D eigenvalue weighted by atomic mass is 10.1. The number of carboxylic acids is 1. The zero-order valence-electron chi connectivity index (χ0n) is 10.4. The molecule has 0 aliphatic rings. The van der Waals surface area contributed by atoms with Crippen LogP contribution in [0.25, 0.3) is 0 Å². The quantitative estimate of drug-likeness (QED) is 0.843. The minimum atomic E-state index is -0.894. The van der Waals surface area contributed by atoms with Crippen molar-refractivity contribution in [3.63, 3.8) is 0 Å². The monoisotopic (exact) mass is 253 g/mol. The van der Waals surface area contributed by atoms with Gasteiger partial charge in [0.05, 0.1) is 0 Å². The highest BCUT2D eigenvalue weighted by atomic mass is 19.1. The molecule has 0 saturated heterocycles. The molecule has 5 heteroatoms. The lowest BCUT2D eigenvalue weighted by Gasteiger charge is -2.11. The Labute approximate surface area is 105 Å². The molecule has 1 unspecified atom stereocenters. The molecule has 0 aromatic heterocycles. The minimum absolute atomic E-state index is 0.00266. The summed E-state index contributed by atoms with van der Waals surface area (Å²) in [5.41, 5.74) is 0.956. The molecule has 1 amide bonds. The molecule has 1 rings (SSSR count). The first kappa shape index (κ1) is 14.2. The van der Waals surface area contributed by atoms with E-state index in [1.807, 2.05) is 0 Å². The number of hydrogen-bond donors (Lipinski definition) is 2. The van der Waals surface area contributed by atoms with Crippen LogP contribution in [0, 0.1) is 18.7 Å². The normalized spacial score (nSPS) is 11.9. The van der Waals surface area contributed by atoms with E-state index in [2.05, 4.69) is 5.32 Å². The molecule has 0 fully saturated rings. The predicted octanol–water partition coefficient (Wildman–Crippen LogP) is 1.97. The molecule has 1 atom stereocenters. The number of halogens is 1. The fourth-order valence-corrected chi connectivity index (χ4v) is 1.61. The number of benzene rings is 1. The van der Waals surface area contributed by atoms with Gasteiger partial charge in [-0.25, -0.2) is 4.39 Å². The maximum Gasteiger partial charge on any atom is 0.303 e. The Kier molecular flexibility index (Phi) is 4.83. The van der Waals surface area contributed by atoms with E-state index < -0.39 is 5.97 Å². The third kappa shape index (κ3) is 4.16. The van der Waals surface area contributed by atoms with Crippen LogP contribution in [0.4, 0.5) is 4.39 Å². The summed E-state index contributed by atoms with van der Waals surface area (Å²) < 4.78 is 12.9. The molecule has 4 nitrogen and oxygen atoms in total. The second-order valence-corrected chi connectivity index (χ2v) is 4.37. The number of rotatable bonds is 5. The topological polar surface area (TPSA) is 66.4 Å². The highest BCUT2D eigenvalue weighted by Crippen LogP contribution is 2.10. The Morgan fingerprint density at radius 2 is 2.11 bits per heavy atom. The number of hydrogen-bond acceptors (Lipinski definition) is 2. The van der Waals surface area contributed by atoms with Gasteiger partial charge in [-0.2, -0.15) is 0 Å². The Morgan fingerprint density at radius 3 is 2.67 bits per heavy atom. The fraction of sp³-hybridized carbons (Fsp3) is 0.385. The van der Waals surface area contributed by atoms with Gasteiger partial charge in [0.1, 0.15) is 5.82 Å². The Morgan fingerprint density at radius 1 is 1.44 bits per heavy atom. The van der Waals surface area contributed by atoms with E-state index in [0.29, 0.717) is 11.1 Å². The van der Waals surface area contributed by atoms with Crippen molar-refractivity contribution in [2.24, 2.45) is 5.92 Å². The van der Waals surface area contributed by atoms with Crippen molar-refractivity contribution in [2.75, 3.05) is 6.54 Å². The van der Waals surface area contributed by atoms with Gasteiger partial charge in [-0.1, -0.05) is 6.92 Å². The largest absolute Gasteiger partial charge is 0.481 e. The van der Waals surface area contributed by atoms with Crippen molar-refractivity contribution < 1.29 is 19.1 Å². The summed E-state index contributed by atoms with van der Waals surface area (Å²) in [6.45, 7) is 3.67. The van der Waals surface area contributed by atoms with Crippen molar-refractivity contribution in [3.8, 4) is 0 Å². The maximum absolute atomic E-state index is 12.9. The molecule has 0 heterocycles. The van der Waals surface area contributed by atoms with Crippen LogP contribution < -0.4 is 5.32 Å². The Hall–Kier alpha value is -1.91. The number of carboxylic acid groups (broad SMARTS) is 1. The van der Waals surface area contributed by atoms with Crippen LogP contribution in [0.15, 0.2) is 18.2 Å². The Bertz CT molecular complexity index is 460. The molecule has 0 aliphatic carbocycles. The lowest BCUT2D eigenvalue weighted by Crippen LogP contribution is -2.29. The van der Waals surface area contributed by atoms with Gasteiger partial charge < -0.3 is 10.4 Å². The third-order valence-electron chi connectivity index (χ3n) is 2.57. The number of aliphatic carboxylic acids is 1. The van der Waals surface area contributed by atoms with Crippen LogP contribution in [-0.2, 0) is 4.79 Å². The lowest BCUT2D eigenvalue weighted by molar-refractivity contribution is -0.137. The van der Waals surface area contributed by atoms with Crippen LogP contribution in [0.1, 0.15) is 29.3 Å². The van der Waals surface area contributed by atoms with Gasteiger partial charge in [-0.05, 0) is 36.6 Å². The SMILES string of the molecule is Cc1cc(F)ccc1C(=O)NCC(C)CC(=O)O. The molecule has 1 aromatic rings. The first-order valence-corrected chi connectivity index (χ1v) is 5.66.